The Morgan fingerprint density at radius 2 is 0.366 bits per heavy atom. The van der Waals surface area contributed by atoms with Crippen molar-refractivity contribution >= 4 is 206 Å². The number of hydrogen-bond donors (Lipinski definition) is 0. The lowest BCUT2D eigenvalue weighted by Gasteiger charge is -2.12. The summed E-state index contributed by atoms with van der Waals surface area (Å²) in [6, 6.07) is 156. The first-order valence-electron chi connectivity index (χ1n) is 42.0. The smallest absolute Gasteiger partial charge is 0.135 e. The third-order valence-electron chi connectivity index (χ3n) is 25.7. The zero-order valence-electron chi connectivity index (χ0n) is 66.4. The molecule has 0 amide bonds. The molecule has 0 unspecified atom stereocenters. The monoisotopic (exact) mass is 1590 g/mol. The van der Waals surface area contributed by atoms with Crippen LogP contribution in [0.25, 0.3) is 235 Å². The van der Waals surface area contributed by atoms with Crippen molar-refractivity contribution in [2.45, 2.75) is 0 Å². The van der Waals surface area contributed by atoms with Crippen molar-refractivity contribution in [2.75, 3.05) is 0 Å². The molecule has 0 aliphatic rings. The molecule has 9 aromatic heterocycles. The maximum atomic E-state index is 6.12. The van der Waals surface area contributed by atoms with E-state index in [1.54, 1.807) is 0 Å². The zero-order valence-corrected chi connectivity index (χ0v) is 67.3. The molecule has 123 heavy (non-hydrogen) atoms. The second kappa shape index (κ2) is 27.2. The minimum atomic E-state index is 0.911. The van der Waals surface area contributed by atoms with Crippen molar-refractivity contribution in [1.82, 2.24) is 32.0 Å². The molecule has 0 atom stereocenters. The average Bonchev–Trinajstić information content (AvgIpc) is 1.58. The summed E-state index contributed by atoms with van der Waals surface area (Å²) in [5, 5.41) is 22.6. The van der Waals surface area contributed by atoms with Crippen LogP contribution in [0.2, 0.25) is 0 Å². The molecule has 19 aromatic carbocycles. The molecule has 0 bridgehead atoms. The predicted octanol–water partition coefficient (Wildman–Crippen LogP) is 31.0. The number of para-hydroxylation sites is 12. The highest BCUT2D eigenvalue weighted by Gasteiger charge is 2.24. The van der Waals surface area contributed by atoms with E-state index < -0.39 is 0 Å². The van der Waals surface area contributed by atoms with Gasteiger partial charge in [-0.1, -0.05) is 243 Å². The van der Waals surface area contributed by atoms with Gasteiger partial charge in [-0.05, 0) is 188 Å². The van der Waals surface area contributed by atoms with Gasteiger partial charge in [0.25, 0.3) is 0 Å². The van der Waals surface area contributed by atoms with Crippen LogP contribution in [0.3, 0.4) is 0 Å². The Morgan fingerprint density at radius 3 is 0.748 bits per heavy atom. The highest BCUT2D eigenvalue weighted by Crippen LogP contribution is 2.45. The lowest BCUT2D eigenvalue weighted by atomic mass is 10.1. The molecule has 574 valence electrons. The number of benzene rings is 19. The molecular weight excluding hydrogens is 1520 g/mol. The van der Waals surface area contributed by atoms with Crippen molar-refractivity contribution < 1.29 is 4.42 Å². The molecule has 0 saturated carbocycles. The topological polar surface area (TPSA) is 47.6 Å². The molecule has 0 N–H and O–H groups in total. The molecule has 28 rings (SSSR count). The minimum Gasteiger partial charge on any atom is -0.456 e. The van der Waals surface area contributed by atoms with Crippen LogP contribution in [0.1, 0.15) is 0 Å². The van der Waals surface area contributed by atoms with E-state index >= 15 is 0 Å². The van der Waals surface area contributed by atoms with Crippen LogP contribution < -0.4 is 0 Å². The Morgan fingerprint density at radius 1 is 0.130 bits per heavy atom. The van der Waals surface area contributed by atoms with E-state index in [0.29, 0.717) is 0 Å². The lowest BCUT2D eigenvalue weighted by Crippen LogP contribution is -1.97. The van der Waals surface area contributed by atoms with Crippen LogP contribution in [-0.2, 0) is 0 Å². The SMILES string of the molecule is c1ccc(-n2c3ccccc3c3ccc(-n4c5ccccc5c5cc(-n6c7ccccc7c7ccccc76)ccc54)cc32)cc1.c1ccc2c(c1)oc1ccc(-n3c4ccccc4c4cc(-n5c6ccccc6c6ccccc65)ccc43)cc12.c1ccc2c(c1)sc1ccc(-n3c4ccccc4c4cc(-n5c6ccccc6c6ccccc65)ccc43)cc12. The Kier molecular flexibility index (Phi) is 15.2. The van der Waals surface area contributed by atoms with E-state index in [9.17, 15) is 0 Å². The summed E-state index contributed by atoms with van der Waals surface area (Å²) in [6.45, 7) is 0. The van der Waals surface area contributed by atoms with Gasteiger partial charge in [0.1, 0.15) is 11.2 Å². The fraction of sp³-hybridized carbons (Fsp3) is 0. The van der Waals surface area contributed by atoms with Gasteiger partial charge in [-0.3, -0.25) is 0 Å². The number of nitrogens with zero attached hydrogens (tertiary/aromatic N) is 7. The normalized spacial score (nSPS) is 12.1. The minimum absolute atomic E-state index is 0.911. The molecule has 28 aromatic rings. The van der Waals surface area contributed by atoms with Gasteiger partial charge >= 0.3 is 0 Å². The number of fused-ring (bicyclic) bond motifs is 27. The summed E-state index contributed by atoms with van der Waals surface area (Å²) < 4.78 is 25.6. The third-order valence-corrected chi connectivity index (χ3v) is 26.8. The van der Waals surface area contributed by atoms with E-state index in [2.05, 4.69) is 451 Å². The van der Waals surface area contributed by atoms with Crippen LogP contribution >= 0.6 is 11.3 Å². The summed E-state index contributed by atoms with van der Waals surface area (Å²) in [7, 11) is 0. The van der Waals surface area contributed by atoms with Gasteiger partial charge in [0.15, 0.2) is 0 Å². The summed E-state index contributed by atoms with van der Waals surface area (Å²) in [6.07, 6.45) is 0. The van der Waals surface area contributed by atoms with Gasteiger partial charge in [0.05, 0.1) is 77.2 Å². The van der Waals surface area contributed by atoms with E-state index in [1.807, 2.05) is 23.5 Å². The summed E-state index contributed by atoms with van der Waals surface area (Å²) in [5.74, 6) is 0. The van der Waals surface area contributed by atoms with Crippen LogP contribution in [0.15, 0.2) is 435 Å². The molecular formula is C114H71N7OS. The van der Waals surface area contributed by atoms with Crippen molar-refractivity contribution in [3.63, 3.8) is 0 Å². The fourth-order valence-corrected chi connectivity index (χ4v) is 21.5. The van der Waals surface area contributed by atoms with E-state index in [-0.39, 0.29) is 0 Å². The molecule has 0 spiro atoms. The third kappa shape index (κ3) is 10.5. The first-order valence-corrected chi connectivity index (χ1v) is 42.8. The molecule has 0 fully saturated rings. The number of furan rings is 1. The largest absolute Gasteiger partial charge is 0.456 e. The quantitative estimate of drug-likeness (QED) is 0.157. The molecule has 0 saturated heterocycles. The van der Waals surface area contributed by atoms with Gasteiger partial charge in [0, 0.05) is 146 Å². The maximum Gasteiger partial charge on any atom is 0.135 e. The van der Waals surface area contributed by atoms with Crippen LogP contribution in [-0.4, -0.2) is 32.0 Å². The van der Waals surface area contributed by atoms with Crippen LogP contribution in [0.5, 0.6) is 0 Å². The van der Waals surface area contributed by atoms with Gasteiger partial charge < -0.3 is 36.4 Å². The molecule has 0 aliphatic carbocycles. The first kappa shape index (κ1) is 68.8. The molecule has 9 heteroatoms. The van der Waals surface area contributed by atoms with E-state index in [1.165, 1.54) is 201 Å². The van der Waals surface area contributed by atoms with E-state index in [4.69, 9.17) is 4.42 Å². The first-order chi connectivity index (χ1) is 61.0. The Hall–Kier alpha value is -16.2. The second-order valence-electron chi connectivity index (χ2n) is 32.2. The number of hydrogen-bond acceptors (Lipinski definition) is 2. The van der Waals surface area contributed by atoms with Crippen molar-refractivity contribution in [1.29, 1.82) is 0 Å². The Labute approximate surface area is 708 Å². The van der Waals surface area contributed by atoms with E-state index in [0.717, 1.165) is 33.3 Å². The van der Waals surface area contributed by atoms with Crippen LogP contribution in [0.4, 0.5) is 0 Å². The van der Waals surface area contributed by atoms with Crippen LogP contribution in [0, 0.1) is 0 Å². The van der Waals surface area contributed by atoms with Gasteiger partial charge in [0.2, 0.25) is 0 Å². The summed E-state index contributed by atoms with van der Waals surface area (Å²) in [4.78, 5) is 0. The Balaban J connectivity index is 0.0000000993. The lowest BCUT2D eigenvalue weighted by molar-refractivity contribution is 0.669. The van der Waals surface area contributed by atoms with Crippen molar-refractivity contribution in [3.8, 4) is 39.8 Å². The van der Waals surface area contributed by atoms with Gasteiger partial charge in [-0.25, -0.2) is 0 Å². The highest BCUT2D eigenvalue weighted by molar-refractivity contribution is 7.25. The molecule has 0 radical (unpaired) electrons. The highest BCUT2D eigenvalue weighted by atomic mass is 32.1. The summed E-state index contributed by atoms with van der Waals surface area (Å²) >= 11 is 1.86. The maximum absolute atomic E-state index is 6.12. The van der Waals surface area contributed by atoms with Gasteiger partial charge in [-0.15, -0.1) is 11.3 Å². The predicted molar refractivity (Wildman–Crippen MR) is 520 cm³/mol. The summed E-state index contributed by atoms with van der Waals surface area (Å²) in [5.41, 5.74) is 27.0. The zero-order chi connectivity index (χ0) is 80.5. The van der Waals surface area contributed by atoms with Gasteiger partial charge in [-0.2, -0.15) is 0 Å². The molecule has 9 heterocycles. The standard InChI is InChI=1S/C42H27N3.C36H22N2O.C36H22N2S/c1-2-12-28(13-3-1)43-37-18-8-6-16-33(37)35-24-22-30(27-42(35)43)45-40-21-11-7-17-34(40)36-26-29(23-25-41(36)45)44-38-19-9-4-14-31(38)32-15-5-10-20-39(32)44;2*1-5-13-31-25(9-1)26-10-2-6-14-32(26)37(31)23-17-19-34-29(21-23)27-11-3-7-15-33(27)38(34)24-18-20-36-30(22-24)28-12-4-8-16-35(28)39-36/h1-27H;2*1-22H. The molecule has 8 nitrogen and oxygen atoms in total. The number of rotatable bonds is 7. The number of aromatic nitrogens is 7. The Bertz CT molecular complexity index is 8750. The fourth-order valence-electron chi connectivity index (χ4n) is 20.4. The van der Waals surface area contributed by atoms with Crippen molar-refractivity contribution in [3.05, 3.63) is 431 Å². The molecule has 0 aliphatic heterocycles. The van der Waals surface area contributed by atoms with Crippen molar-refractivity contribution in [2.24, 2.45) is 0 Å². The second-order valence-corrected chi connectivity index (χ2v) is 33.3. The average molecular weight is 1590 g/mol. The number of thiophene rings is 1.